The van der Waals surface area contributed by atoms with Crippen LogP contribution in [0.15, 0.2) is 18.2 Å². The van der Waals surface area contributed by atoms with E-state index in [-0.39, 0.29) is 0 Å². The van der Waals surface area contributed by atoms with E-state index in [0.29, 0.717) is 5.92 Å². The van der Waals surface area contributed by atoms with Crippen LogP contribution in [0.2, 0.25) is 0 Å². The molecule has 4 heteroatoms. The third-order valence-electron chi connectivity index (χ3n) is 5.35. The van der Waals surface area contributed by atoms with Crippen LogP contribution in [-0.4, -0.2) is 13.2 Å². The maximum Gasteiger partial charge on any atom is 0.397 e. The van der Waals surface area contributed by atoms with Crippen molar-refractivity contribution in [3.63, 3.8) is 0 Å². The second-order valence-electron chi connectivity index (χ2n) is 8.71. The van der Waals surface area contributed by atoms with E-state index in [1.54, 1.807) is 0 Å². The fourth-order valence-electron chi connectivity index (χ4n) is 3.41. The van der Waals surface area contributed by atoms with Gasteiger partial charge < -0.3 is 13.6 Å². The van der Waals surface area contributed by atoms with E-state index in [0.717, 1.165) is 31.8 Å². The molecule has 0 aliphatic rings. The minimum atomic E-state index is -1.35. The summed E-state index contributed by atoms with van der Waals surface area (Å²) in [6.07, 6.45) is 15.1. The van der Waals surface area contributed by atoms with Gasteiger partial charge in [-0.15, -0.1) is 0 Å². The van der Waals surface area contributed by atoms with Gasteiger partial charge in [0.15, 0.2) is 0 Å². The van der Waals surface area contributed by atoms with Crippen LogP contribution in [0.4, 0.5) is 0 Å². The molecule has 0 fully saturated rings. The highest BCUT2D eigenvalue weighted by Gasteiger charge is 2.18. The number of hydrogen-bond acceptors (Lipinski definition) is 3. The summed E-state index contributed by atoms with van der Waals surface area (Å²) >= 11 is 0. The first-order valence-corrected chi connectivity index (χ1v) is 13.5. The van der Waals surface area contributed by atoms with E-state index in [2.05, 4.69) is 52.8 Å². The summed E-state index contributed by atoms with van der Waals surface area (Å²) in [5.41, 5.74) is 2.43. The minimum Gasteiger partial charge on any atom is -0.426 e. The SMILES string of the molecule is CCCCCCCCOP(OCCCCCCCC)Oc1cc(C)ccc1C(C)C. The van der Waals surface area contributed by atoms with Gasteiger partial charge in [-0.05, 0) is 42.9 Å². The quantitative estimate of drug-likeness (QED) is 0.159. The summed E-state index contributed by atoms with van der Waals surface area (Å²) in [7, 11) is -1.35. The highest BCUT2D eigenvalue weighted by Crippen LogP contribution is 2.43. The summed E-state index contributed by atoms with van der Waals surface area (Å²) in [6, 6.07) is 6.44. The Bertz CT molecular complexity index is 515. The average Bonchev–Trinajstić information content (AvgIpc) is 2.72. The Labute approximate surface area is 188 Å². The van der Waals surface area contributed by atoms with E-state index >= 15 is 0 Å². The Morgan fingerprint density at radius 3 is 1.73 bits per heavy atom. The molecule has 0 heterocycles. The molecule has 0 radical (unpaired) electrons. The summed E-state index contributed by atoms with van der Waals surface area (Å²) < 4.78 is 18.5. The maximum atomic E-state index is 6.30. The fourth-order valence-corrected chi connectivity index (χ4v) is 4.47. The van der Waals surface area contributed by atoms with Gasteiger partial charge in [0, 0.05) is 0 Å². The van der Waals surface area contributed by atoms with Gasteiger partial charge in [0.1, 0.15) is 5.75 Å². The number of aryl methyl sites for hydroxylation is 1. The zero-order valence-corrected chi connectivity index (χ0v) is 21.3. The van der Waals surface area contributed by atoms with Crippen molar-refractivity contribution in [3.8, 4) is 5.75 Å². The molecule has 0 unspecified atom stereocenters. The van der Waals surface area contributed by atoms with E-state index < -0.39 is 8.60 Å². The first-order chi connectivity index (χ1) is 14.6. The Morgan fingerprint density at radius 2 is 1.23 bits per heavy atom. The van der Waals surface area contributed by atoms with Gasteiger partial charge in [-0.25, -0.2) is 0 Å². The van der Waals surface area contributed by atoms with Crippen LogP contribution in [-0.2, 0) is 9.05 Å². The molecule has 0 saturated heterocycles. The molecule has 0 aliphatic carbocycles. The van der Waals surface area contributed by atoms with Crippen molar-refractivity contribution >= 4 is 8.60 Å². The molecule has 0 amide bonds. The molecule has 1 aromatic rings. The van der Waals surface area contributed by atoms with E-state index in [4.69, 9.17) is 13.6 Å². The third-order valence-corrected chi connectivity index (χ3v) is 6.49. The Morgan fingerprint density at radius 1 is 0.733 bits per heavy atom. The van der Waals surface area contributed by atoms with Crippen molar-refractivity contribution in [3.05, 3.63) is 29.3 Å². The summed E-state index contributed by atoms with van der Waals surface area (Å²) in [5.74, 6) is 1.33. The fraction of sp³-hybridized carbons (Fsp3) is 0.769. The summed E-state index contributed by atoms with van der Waals surface area (Å²) in [4.78, 5) is 0. The lowest BCUT2D eigenvalue weighted by atomic mass is 10.0. The molecule has 0 aromatic heterocycles. The highest BCUT2D eigenvalue weighted by atomic mass is 31.2. The Kier molecular flexibility index (Phi) is 16.4. The van der Waals surface area contributed by atoms with Gasteiger partial charge in [0.05, 0.1) is 13.2 Å². The molecule has 1 aromatic carbocycles. The van der Waals surface area contributed by atoms with Crippen LogP contribution >= 0.6 is 8.60 Å². The summed E-state index contributed by atoms with van der Waals surface area (Å²) in [5, 5.41) is 0. The lowest BCUT2D eigenvalue weighted by molar-refractivity contribution is 0.198. The molecule has 30 heavy (non-hydrogen) atoms. The monoisotopic (exact) mass is 438 g/mol. The molecule has 0 bridgehead atoms. The molecular weight excluding hydrogens is 391 g/mol. The standard InChI is InChI=1S/C26H47O3P/c1-6-8-10-12-14-16-20-27-30(28-21-17-15-13-11-9-7-2)29-26-22-24(5)18-19-25(26)23(3)4/h18-19,22-23H,6-17,20-21H2,1-5H3. The molecule has 0 saturated carbocycles. The second-order valence-corrected chi connectivity index (χ2v) is 9.86. The zero-order valence-electron chi connectivity index (χ0n) is 20.4. The molecule has 3 nitrogen and oxygen atoms in total. The first-order valence-electron chi connectivity index (χ1n) is 12.4. The number of benzene rings is 1. The van der Waals surface area contributed by atoms with Crippen molar-refractivity contribution in [1.82, 2.24) is 0 Å². The second kappa shape index (κ2) is 18.0. The number of unbranched alkanes of at least 4 members (excludes halogenated alkanes) is 10. The van der Waals surface area contributed by atoms with Crippen LogP contribution in [0, 0.1) is 6.92 Å². The van der Waals surface area contributed by atoms with Crippen molar-refractivity contribution in [1.29, 1.82) is 0 Å². The molecule has 0 N–H and O–H groups in total. The highest BCUT2D eigenvalue weighted by molar-refractivity contribution is 7.42. The van der Waals surface area contributed by atoms with E-state index in [1.165, 1.54) is 75.3 Å². The minimum absolute atomic E-state index is 0.412. The maximum absolute atomic E-state index is 6.30. The van der Waals surface area contributed by atoms with Crippen LogP contribution in [0.25, 0.3) is 0 Å². The molecule has 0 aliphatic heterocycles. The predicted octanol–water partition coefficient (Wildman–Crippen LogP) is 9.48. The predicted molar refractivity (Wildman–Crippen MR) is 131 cm³/mol. The lowest BCUT2D eigenvalue weighted by Crippen LogP contribution is -2.03. The Balaban J connectivity index is 2.52. The van der Waals surface area contributed by atoms with Crippen molar-refractivity contribution in [2.45, 2.75) is 118 Å². The summed E-state index contributed by atoms with van der Waals surface area (Å²) in [6.45, 7) is 12.5. The first kappa shape index (κ1) is 27.4. The zero-order chi connectivity index (χ0) is 22.0. The topological polar surface area (TPSA) is 27.7 Å². The molecule has 1 rings (SSSR count). The van der Waals surface area contributed by atoms with Gasteiger partial charge in [-0.2, -0.15) is 0 Å². The Hall–Kier alpha value is -0.630. The molecule has 0 spiro atoms. The van der Waals surface area contributed by atoms with Crippen LogP contribution < -0.4 is 4.52 Å². The van der Waals surface area contributed by atoms with Gasteiger partial charge in [0.2, 0.25) is 0 Å². The van der Waals surface area contributed by atoms with Crippen LogP contribution in [0.5, 0.6) is 5.75 Å². The lowest BCUT2D eigenvalue weighted by Gasteiger charge is -2.20. The van der Waals surface area contributed by atoms with Gasteiger partial charge in [-0.3, -0.25) is 0 Å². The van der Waals surface area contributed by atoms with Gasteiger partial charge in [0.25, 0.3) is 0 Å². The molecular formula is C26H47O3P. The van der Waals surface area contributed by atoms with E-state index in [9.17, 15) is 0 Å². The number of hydrogen-bond donors (Lipinski definition) is 0. The normalized spacial score (nSPS) is 11.6. The molecule has 0 atom stereocenters. The van der Waals surface area contributed by atoms with Crippen molar-refractivity contribution in [2.24, 2.45) is 0 Å². The van der Waals surface area contributed by atoms with Crippen molar-refractivity contribution in [2.75, 3.05) is 13.2 Å². The van der Waals surface area contributed by atoms with Crippen molar-refractivity contribution < 1.29 is 13.6 Å². The smallest absolute Gasteiger partial charge is 0.397 e. The van der Waals surface area contributed by atoms with Gasteiger partial charge >= 0.3 is 8.60 Å². The third kappa shape index (κ3) is 12.9. The van der Waals surface area contributed by atoms with Crippen LogP contribution in [0.1, 0.15) is 122 Å². The number of rotatable bonds is 19. The largest absolute Gasteiger partial charge is 0.426 e. The van der Waals surface area contributed by atoms with Crippen LogP contribution in [0.3, 0.4) is 0 Å². The van der Waals surface area contributed by atoms with Gasteiger partial charge in [-0.1, -0.05) is 104 Å². The molecule has 174 valence electrons. The average molecular weight is 439 g/mol. The van der Waals surface area contributed by atoms with E-state index in [1.807, 2.05) is 0 Å².